The predicted octanol–water partition coefficient (Wildman–Crippen LogP) is 3.34. The van der Waals surface area contributed by atoms with Crippen molar-refractivity contribution in [3.05, 3.63) is 65.7 Å². The summed E-state index contributed by atoms with van der Waals surface area (Å²) in [6.45, 7) is 3.40. The highest BCUT2D eigenvalue weighted by atomic mass is 16.5. The van der Waals surface area contributed by atoms with Crippen molar-refractivity contribution in [2.24, 2.45) is 0 Å². The number of ether oxygens (including phenoxy) is 2. The van der Waals surface area contributed by atoms with E-state index in [4.69, 9.17) is 9.47 Å². The van der Waals surface area contributed by atoms with Crippen LogP contribution in [0.15, 0.2) is 54.6 Å². The molecule has 6 heteroatoms. The number of nitrogens with zero attached hydrogens (tertiary/aromatic N) is 1. The van der Waals surface area contributed by atoms with Gasteiger partial charge in [0.25, 0.3) is 0 Å². The smallest absolute Gasteiger partial charge is 0.243 e. The first kappa shape index (κ1) is 22.8. The second kappa shape index (κ2) is 11.5. The summed E-state index contributed by atoms with van der Waals surface area (Å²) in [6.07, 6.45) is 2.82. The summed E-state index contributed by atoms with van der Waals surface area (Å²) in [5.41, 5.74) is 1.97. The maximum atomic E-state index is 13.3. The fourth-order valence-corrected chi connectivity index (χ4v) is 3.82. The normalized spacial score (nSPS) is 16.5. The molecule has 166 valence electrons. The number of benzene rings is 2. The van der Waals surface area contributed by atoms with Crippen LogP contribution in [0.1, 0.15) is 37.3 Å². The lowest BCUT2D eigenvalue weighted by Crippen LogP contribution is -2.51. The van der Waals surface area contributed by atoms with Crippen molar-refractivity contribution in [2.45, 2.75) is 51.3 Å². The van der Waals surface area contributed by atoms with E-state index < -0.39 is 6.04 Å². The molecule has 0 bridgehead atoms. The molecule has 31 heavy (non-hydrogen) atoms. The van der Waals surface area contributed by atoms with Gasteiger partial charge in [-0.05, 0) is 36.1 Å². The van der Waals surface area contributed by atoms with Crippen LogP contribution in [0.4, 0.5) is 0 Å². The van der Waals surface area contributed by atoms with Crippen molar-refractivity contribution in [1.29, 1.82) is 0 Å². The zero-order valence-corrected chi connectivity index (χ0v) is 18.4. The fraction of sp³-hybridized carbons (Fsp3) is 0.440. The van der Waals surface area contributed by atoms with Gasteiger partial charge in [-0.15, -0.1) is 0 Å². The first-order chi connectivity index (χ1) is 15.1. The molecule has 2 amide bonds. The van der Waals surface area contributed by atoms with Gasteiger partial charge in [0.1, 0.15) is 11.8 Å². The van der Waals surface area contributed by atoms with E-state index in [2.05, 4.69) is 5.32 Å². The van der Waals surface area contributed by atoms with E-state index in [1.165, 1.54) is 0 Å². The zero-order chi connectivity index (χ0) is 22.1. The van der Waals surface area contributed by atoms with Gasteiger partial charge in [0.05, 0.1) is 13.2 Å². The number of methoxy groups -OCH3 is 1. The molecule has 0 aliphatic carbocycles. The van der Waals surface area contributed by atoms with Gasteiger partial charge in [0, 0.05) is 32.5 Å². The molecule has 2 atom stereocenters. The van der Waals surface area contributed by atoms with Crippen molar-refractivity contribution in [3.8, 4) is 5.75 Å². The summed E-state index contributed by atoms with van der Waals surface area (Å²) in [5.74, 6) is 0.561. The molecule has 1 saturated heterocycles. The van der Waals surface area contributed by atoms with E-state index in [-0.39, 0.29) is 17.9 Å². The molecule has 0 spiro atoms. The van der Waals surface area contributed by atoms with E-state index in [0.29, 0.717) is 25.9 Å². The highest BCUT2D eigenvalue weighted by molar-refractivity contribution is 5.88. The van der Waals surface area contributed by atoms with Gasteiger partial charge in [0.15, 0.2) is 0 Å². The van der Waals surface area contributed by atoms with Gasteiger partial charge in [-0.3, -0.25) is 9.59 Å². The second-order valence-electron chi connectivity index (χ2n) is 7.81. The molecule has 0 aromatic heterocycles. The van der Waals surface area contributed by atoms with E-state index in [1.54, 1.807) is 12.0 Å². The van der Waals surface area contributed by atoms with Crippen molar-refractivity contribution >= 4 is 11.8 Å². The van der Waals surface area contributed by atoms with Gasteiger partial charge < -0.3 is 19.7 Å². The molecule has 1 N–H and O–H groups in total. The highest BCUT2D eigenvalue weighted by Gasteiger charge is 2.30. The Kier molecular flexibility index (Phi) is 8.47. The molecular weight excluding hydrogens is 392 g/mol. The maximum absolute atomic E-state index is 13.3. The average molecular weight is 425 g/mol. The Morgan fingerprint density at radius 1 is 1.13 bits per heavy atom. The van der Waals surface area contributed by atoms with Crippen LogP contribution in [0.3, 0.4) is 0 Å². The second-order valence-corrected chi connectivity index (χ2v) is 7.81. The molecule has 2 aromatic carbocycles. The van der Waals surface area contributed by atoms with Crippen molar-refractivity contribution in [2.75, 3.05) is 20.3 Å². The van der Waals surface area contributed by atoms with Crippen LogP contribution in [-0.2, 0) is 27.3 Å². The molecule has 2 unspecified atom stereocenters. The van der Waals surface area contributed by atoms with Crippen molar-refractivity contribution in [1.82, 2.24) is 10.2 Å². The number of rotatable bonds is 10. The van der Waals surface area contributed by atoms with E-state index in [9.17, 15) is 9.59 Å². The molecule has 0 radical (unpaired) electrons. The predicted molar refractivity (Wildman–Crippen MR) is 120 cm³/mol. The topological polar surface area (TPSA) is 67.9 Å². The third-order valence-electron chi connectivity index (χ3n) is 5.61. The Labute approximate surface area is 184 Å². The van der Waals surface area contributed by atoms with Crippen LogP contribution in [0.2, 0.25) is 0 Å². The molecule has 6 nitrogen and oxygen atoms in total. The summed E-state index contributed by atoms with van der Waals surface area (Å²) < 4.78 is 10.9. The Morgan fingerprint density at radius 2 is 1.87 bits per heavy atom. The van der Waals surface area contributed by atoms with Crippen molar-refractivity contribution < 1.29 is 19.1 Å². The van der Waals surface area contributed by atoms with Gasteiger partial charge >= 0.3 is 0 Å². The van der Waals surface area contributed by atoms with Crippen LogP contribution in [0.25, 0.3) is 0 Å². The number of hydrogen-bond donors (Lipinski definition) is 1. The van der Waals surface area contributed by atoms with Crippen LogP contribution in [0, 0.1) is 0 Å². The molecule has 1 heterocycles. The fourth-order valence-electron chi connectivity index (χ4n) is 3.82. The first-order valence-electron chi connectivity index (χ1n) is 11.0. The SMILES string of the molecule is CCC(=O)N(Cc1ccc(OC)cc1)C(Cc1ccccc1)C(=O)NCC1CCCO1. The van der Waals surface area contributed by atoms with Gasteiger partial charge in [0.2, 0.25) is 11.8 Å². The number of amides is 2. The summed E-state index contributed by atoms with van der Waals surface area (Å²) in [7, 11) is 1.62. The molecule has 1 fully saturated rings. The van der Waals surface area contributed by atoms with Crippen LogP contribution in [0.5, 0.6) is 5.75 Å². The van der Waals surface area contributed by atoms with E-state index in [0.717, 1.165) is 36.3 Å². The quantitative estimate of drug-likeness (QED) is 0.635. The minimum atomic E-state index is -0.599. The first-order valence-corrected chi connectivity index (χ1v) is 11.0. The molecule has 1 aliphatic rings. The Balaban J connectivity index is 1.81. The molecule has 0 saturated carbocycles. The number of carbonyl (C=O) groups excluding carboxylic acids is 2. The molecular formula is C25H32N2O4. The third kappa shape index (κ3) is 6.56. The van der Waals surface area contributed by atoms with Crippen LogP contribution >= 0.6 is 0 Å². The van der Waals surface area contributed by atoms with Gasteiger partial charge in [-0.2, -0.15) is 0 Å². The molecule has 2 aromatic rings. The lowest BCUT2D eigenvalue weighted by atomic mass is 10.0. The van der Waals surface area contributed by atoms with Gasteiger partial charge in [-0.1, -0.05) is 49.4 Å². The van der Waals surface area contributed by atoms with Gasteiger partial charge in [-0.25, -0.2) is 0 Å². The summed E-state index contributed by atoms with van der Waals surface area (Å²) in [6, 6.07) is 16.8. The Hall–Kier alpha value is -2.86. The molecule has 1 aliphatic heterocycles. The van der Waals surface area contributed by atoms with Crippen LogP contribution < -0.4 is 10.1 Å². The van der Waals surface area contributed by atoms with E-state index in [1.807, 2.05) is 61.5 Å². The Bertz CT molecular complexity index is 832. The zero-order valence-electron chi connectivity index (χ0n) is 18.4. The largest absolute Gasteiger partial charge is 0.497 e. The van der Waals surface area contributed by atoms with Crippen LogP contribution in [-0.4, -0.2) is 49.1 Å². The highest BCUT2D eigenvalue weighted by Crippen LogP contribution is 2.18. The summed E-state index contributed by atoms with van der Waals surface area (Å²) in [5, 5.41) is 3.03. The Morgan fingerprint density at radius 3 is 2.48 bits per heavy atom. The van der Waals surface area contributed by atoms with Crippen molar-refractivity contribution in [3.63, 3.8) is 0 Å². The van der Waals surface area contributed by atoms with E-state index >= 15 is 0 Å². The third-order valence-corrected chi connectivity index (χ3v) is 5.61. The number of nitrogens with one attached hydrogen (secondary N) is 1. The number of hydrogen-bond acceptors (Lipinski definition) is 4. The summed E-state index contributed by atoms with van der Waals surface area (Å²) in [4.78, 5) is 27.9. The summed E-state index contributed by atoms with van der Waals surface area (Å²) >= 11 is 0. The lowest BCUT2D eigenvalue weighted by Gasteiger charge is -2.31. The standard InChI is InChI=1S/C25H32N2O4/c1-3-24(28)27(18-20-11-13-21(30-2)14-12-20)23(16-19-8-5-4-6-9-19)25(29)26-17-22-10-7-15-31-22/h4-6,8-9,11-14,22-23H,3,7,10,15-18H2,1-2H3,(H,26,29). The monoisotopic (exact) mass is 424 g/mol. The average Bonchev–Trinajstić information content (AvgIpc) is 3.34. The number of carbonyl (C=O) groups is 2. The minimum absolute atomic E-state index is 0.0518. The lowest BCUT2D eigenvalue weighted by molar-refractivity contribution is -0.141. The minimum Gasteiger partial charge on any atom is -0.497 e. The molecule has 3 rings (SSSR count). The maximum Gasteiger partial charge on any atom is 0.243 e.